The van der Waals surface area contributed by atoms with Crippen LogP contribution in [0.5, 0.6) is 11.5 Å². The normalized spacial score (nSPS) is 16.9. The summed E-state index contributed by atoms with van der Waals surface area (Å²) in [5.74, 6) is -2.89. The standard InChI is InChI=1S/C12H4F5N3O2/c13-7-1-9-10(22-12(16,17)11(14,15)21-9)2-8(7)20-5-6(3-18)4-19/h1-2,5,20H. The third kappa shape index (κ3) is 2.59. The summed E-state index contributed by atoms with van der Waals surface area (Å²) in [6, 6.07) is 3.98. The van der Waals surface area contributed by atoms with Crippen LogP contribution in [0.2, 0.25) is 0 Å². The molecule has 10 heteroatoms. The van der Waals surface area contributed by atoms with Gasteiger partial charge in [-0.15, -0.1) is 0 Å². The highest BCUT2D eigenvalue weighted by atomic mass is 19.3. The highest BCUT2D eigenvalue weighted by molar-refractivity contribution is 5.59. The van der Waals surface area contributed by atoms with Crippen LogP contribution in [0.4, 0.5) is 27.6 Å². The predicted octanol–water partition coefficient (Wildman–Crippen LogP) is 3.13. The van der Waals surface area contributed by atoms with Crippen LogP contribution in [0.3, 0.4) is 0 Å². The Kier molecular flexibility index (Phi) is 3.55. The summed E-state index contributed by atoms with van der Waals surface area (Å²) in [6.07, 6.45) is -9.08. The van der Waals surface area contributed by atoms with Gasteiger partial charge in [0.1, 0.15) is 17.7 Å². The summed E-state index contributed by atoms with van der Waals surface area (Å²) in [6.45, 7) is 0. The Bertz CT molecular complexity index is 718. The van der Waals surface area contributed by atoms with Crippen LogP contribution in [-0.2, 0) is 0 Å². The lowest BCUT2D eigenvalue weighted by Crippen LogP contribution is -2.52. The van der Waals surface area contributed by atoms with Gasteiger partial charge in [0.05, 0.1) is 5.69 Å². The quantitative estimate of drug-likeness (QED) is 0.670. The van der Waals surface area contributed by atoms with Crippen molar-refractivity contribution in [2.45, 2.75) is 12.2 Å². The predicted molar refractivity (Wildman–Crippen MR) is 60.5 cm³/mol. The molecule has 0 aliphatic carbocycles. The number of nitriles is 2. The Labute approximate surface area is 119 Å². The summed E-state index contributed by atoms with van der Waals surface area (Å²) in [5.41, 5.74) is -0.905. The first kappa shape index (κ1) is 15.4. The van der Waals surface area contributed by atoms with Crippen molar-refractivity contribution >= 4 is 5.69 Å². The van der Waals surface area contributed by atoms with E-state index in [1.807, 2.05) is 0 Å². The van der Waals surface area contributed by atoms with E-state index in [4.69, 9.17) is 10.5 Å². The van der Waals surface area contributed by atoms with E-state index in [1.54, 1.807) is 0 Å². The fraction of sp³-hybridized carbons (Fsp3) is 0.167. The van der Waals surface area contributed by atoms with Crippen LogP contribution in [-0.4, -0.2) is 12.2 Å². The van der Waals surface area contributed by atoms with Gasteiger partial charge < -0.3 is 14.8 Å². The molecule has 0 aromatic heterocycles. The lowest BCUT2D eigenvalue weighted by Gasteiger charge is -2.32. The highest BCUT2D eigenvalue weighted by Gasteiger charge is 2.66. The lowest BCUT2D eigenvalue weighted by atomic mass is 10.2. The number of fused-ring (bicyclic) bond motifs is 1. The zero-order valence-electron chi connectivity index (χ0n) is 10.3. The maximum Gasteiger partial charge on any atom is 0.507 e. The van der Waals surface area contributed by atoms with Gasteiger partial charge in [-0.25, -0.2) is 4.39 Å². The summed E-state index contributed by atoms with van der Waals surface area (Å²) in [4.78, 5) is 0. The molecule has 0 radical (unpaired) electrons. The molecule has 0 atom stereocenters. The minimum absolute atomic E-state index is 0.410. The minimum Gasteiger partial charge on any atom is -0.421 e. The number of allylic oxidation sites excluding steroid dienone is 1. The van der Waals surface area contributed by atoms with Gasteiger partial charge in [0.2, 0.25) is 0 Å². The van der Waals surface area contributed by atoms with Crippen molar-refractivity contribution in [2.24, 2.45) is 0 Å². The molecular weight excluding hydrogens is 313 g/mol. The molecule has 0 spiro atoms. The SMILES string of the molecule is N#CC(C#N)=CNc1cc2c(cc1F)OC(F)(F)C(F)(F)O2. The molecule has 1 aliphatic rings. The number of nitrogens with zero attached hydrogens (tertiary/aromatic N) is 2. The van der Waals surface area contributed by atoms with E-state index >= 15 is 0 Å². The number of hydrogen-bond acceptors (Lipinski definition) is 5. The minimum atomic E-state index is -4.95. The molecule has 114 valence electrons. The first-order valence-electron chi connectivity index (χ1n) is 5.44. The van der Waals surface area contributed by atoms with Gasteiger partial charge in [-0.3, -0.25) is 0 Å². The molecule has 0 bridgehead atoms. The molecule has 1 N–H and O–H groups in total. The van der Waals surface area contributed by atoms with Gasteiger partial charge in [0.15, 0.2) is 17.3 Å². The molecule has 1 aliphatic heterocycles. The number of alkyl halides is 4. The third-order valence-corrected chi connectivity index (χ3v) is 2.46. The summed E-state index contributed by atoms with van der Waals surface area (Å²) in [5, 5.41) is 19.1. The average molecular weight is 317 g/mol. The van der Waals surface area contributed by atoms with E-state index in [0.29, 0.717) is 12.1 Å². The fourth-order valence-corrected chi connectivity index (χ4v) is 1.44. The van der Waals surface area contributed by atoms with Crippen LogP contribution in [0.15, 0.2) is 23.9 Å². The molecule has 0 saturated heterocycles. The smallest absolute Gasteiger partial charge is 0.421 e. The molecule has 5 nitrogen and oxygen atoms in total. The van der Waals surface area contributed by atoms with Crippen molar-refractivity contribution in [1.29, 1.82) is 10.5 Å². The van der Waals surface area contributed by atoms with Crippen molar-refractivity contribution in [1.82, 2.24) is 0 Å². The maximum atomic E-state index is 13.7. The first-order chi connectivity index (χ1) is 10.2. The summed E-state index contributed by atoms with van der Waals surface area (Å²) < 4.78 is 73.1. The van der Waals surface area contributed by atoms with Crippen LogP contribution >= 0.6 is 0 Å². The largest absolute Gasteiger partial charge is 0.507 e. The molecule has 0 fully saturated rings. The van der Waals surface area contributed by atoms with E-state index in [1.165, 1.54) is 12.1 Å². The van der Waals surface area contributed by atoms with Crippen molar-refractivity contribution in [3.05, 3.63) is 29.7 Å². The Balaban J connectivity index is 2.38. The van der Waals surface area contributed by atoms with E-state index in [-0.39, 0.29) is 0 Å². The molecule has 1 aromatic rings. The van der Waals surface area contributed by atoms with Gasteiger partial charge in [-0.05, 0) is 0 Å². The number of halogens is 5. The van der Waals surface area contributed by atoms with Crippen LogP contribution in [0.1, 0.15) is 0 Å². The highest BCUT2D eigenvalue weighted by Crippen LogP contribution is 2.48. The Hall–Kier alpha value is -3.01. The van der Waals surface area contributed by atoms with Crippen molar-refractivity contribution in [3.8, 4) is 23.6 Å². The zero-order chi connectivity index (χ0) is 16.5. The van der Waals surface area contributed by atoms with Gasteiger partial charge in [-0.2, -0.15) is 28.1 Å². The number of rotatable bonds is 2. The van der Waals surface area contributed by atoms with Crippen molar-refractivity contribution in [2.75, 3.05) is 5.32 Å². The monoisotopic (exact) mass is 317 g/mol. The lowest BCUT2D eigenvalue weighted by molar-refractivity contribution is -0.391. The molecule has 2 rings (SSSR count). The number of hydrogen-bond donors (Lipinski definition) is 1. The number of anilines is 1. The molecule has 0 unspecified atom stereocenters. The van der Waals surface area contributed by atoms with Gasteiger partial charge >= 0.3 is 12.2 Å². The van der Waals surface area contributed by atoms with Crippen molar-refractivity contribution in [3.63, 3.8) is 0 Å². The molecular formula is C12H4F5N3O2. The average Bonchev–Trinajstić information content (AvgIpc) is 2.42. The second-order valence-corrected chi connectivity index (χ2v) is 3.94. The topological polar surface area (TPSA) is 78.1 Å². The summed E-state index contributed by atoms with van der Waals surface area (Å²) >= 11 is 0. The molecule has 0 amide bonds. The molecule has 22 heavy (non-hydrogen) atoms. The second kappa shape index (κ2) is 5.07. The van der Waals surface area contributed by atoms with Gasteiger partial charge in [-0.1, -0.05) is 0 Å². The Morgan fingerprint density at radius 1 is 1.05 bits per heavy atom. The van der Waals surface area contributed by atoms with Crippen molar-refractivity contribution < 1.29 is 31.4 Å². The second-order valence-electron chi connectivity index (χ2n) is 3.94. The number of ether oxygens (including phenoxy) is 2. The maximum absolute atomic E-state index is 13.7. The third-order valence-electron chi connectivity index (χ3n) is 2.46. The van der Waals surface area contributed by atoms with Gasteiger partial charge in [0.25, 0.3) is 0 Å². The van der Waals surface area contributed by atoms with Gasteiger partial charge in [0, 0.05) is 18.3 Å². The van der Waals surface area contributed by atoms with E-state index in [9.17, 15) is 22.0 Å². The van der Waals surface area contributed by atoms with E-state index in [2.05, 4.69) is 14.8 Å². The zero-order valence-corrected chi connectivity index (χ0v) is 10.3. The van der Waals surface area contributed by atoms with E-state index < -0.39 is 40.8 Å². The number of nitrogens with one attached hydrogen (secondary N) is 1. The van der Waals surface area contributed by atoms with Crippen LogP contribution < -0.4 is 14.8 Å². The summed E-state index contributed by atoms with van der Waals surface area (Å²) in [7, 11) is 0. The Morgan fingerprint density at radius 2 is 1.55 bits per heavy atom. The first-order valence-corrected chi connectivity index (χ1v) is 5.44. The van der Waals surface area contributed by atoms with E-state index in [0.717, 1.165) is 6.20 Å². The Morgan fingerprint density at radius 3 is 2.05 bits per heavy atom. The van der Waals surface area contributed by atoms with Crippen LogP contribution in [0, 0.1) is 28.5 Å². The van der Waals surface area contributed by atoms with Crippen LogP contribution in [0.25, 0.3) is 0 Å². The molecule has 1 heterocycles. The number of benzene rings is 1. The molecule has 1 aromatic carbocycles. The fourth-order valence-electron chi connectivity index (χ4n) is 1.44. The molecule has 0 saturated carbocycles.